The van der Waals surface area contributed by atoms with Gasteiger partial charge in [-0.25, -0.2) is 13.1 Å². The summed E-state index contributed by atoms with van der Waals surface area (Å²) in [5.41, 5.74) is 2.58. The van der Waals surface area contributed by atoms with Gasteiger partial charge in [0.1, 0.15) is 5.58 Å². The van der Waals surface area contributed by atoms with Gasteiger partial charge in [-0.3, -0.25) is 4.79 Å². The fourth-order valence-electron chi connectivity index (χ4n) is 3.12. The lowest BCUT2D eigenvalue weighted by Gasteiger charge is -2.04. The van der Waals surface area contributed by atoms with Crippen LogP contribution in [0.5, 0.6) is 0 Å². The van der Waals surface area contributed by atoms with Gasteiger partial charge < -0.3 is 9.73 Å². The van der Waals surface area contributed by atoms with Crippen molar-refractivity contribution >= 4 is 26.7 Å². The Hall–Kier alpha value is -3.39. The molecule has 0 radical (unpaired) electrons. The summed E-state index contributed by atoms with van der Waals surface area (Å²) in [6.07, 6.45) is 4.63. The highest BCUT2D eigenvalue weighted by Gasteiger charge is 2.23. The molecule has 0 saturated carbocycles. The second kappa shape index (κ2) is 7.56. The fourth-order valence-corrected chi connectivity index (χ4v) is 3.93. The highest BCUT2D eigenvalue weighted by Crippen LogP contribution is 2.27. The van der Waals surface area contributed by atoms with Crippen molar-refractivity contribution in [3.05, 3.63) is 83.9 Å². The molecule has 0 bridgehead atoms. The first-order chi connectivity index (χ1) is 13.9. The van der Waals surface area contributed by atoms with E-state index in [9.17, 15) is 13.2 Å². The van der Waals surface area contributed by atoms with Gasteiger partial charge in [0, 0.05) is 35.5 Å². The maximum Gasteiger partial charge on any atom is 0.287 e. The van der Waals surface area contributed by atoms with Crippen molar-refractivity contribution in [3.8, 4) is 5.69 Å². The third kappa shape index (κ3) is 4.22. The molecule has 8 heteroatoms. The maximum atomic E-state index is 12.7. The predicted molar refractivity (Wildman–Crippen MR) is 109 cm³/mol. The Kier molecular flexibility index (Phi) is 4.94. The van der Waals surface area contributed by atoms with Crippen LogP contribution in [0.3, 0.4) is 0 Å². The molecule has 29 heavy (non-hydrogen) atoms. The highest BCUT2D eigenvalue weighted by atomic mass is 32.2. The van der Waals surface area contributed by atoms with Crippen LogP contribution in [0.4, 0.5) is 0 Å². The van der Waals surface area contributed by atoms with Gasteiger partial charge in [0.05, 0.1) is 17.6 Å². The minimum Gasteiger partial charge on any atom is -0.451 e. The molecule has 0 aliphatic heterocycles. The monoisotopic (exact) mass is 409 g/mol. The molecule has 4 aromatic rings. The molecule has 1 amide bonds. The minimum atomic E-state index is -3.34. The number of rotatable bonds is 6. The van der Waals surface area contributed by atoms with Gasteiger partial charge in [0.2, 0.25) is 0 Å². The molecule has 0 aliphatic rings. The van der Waals surface area contributed by atoms with E-state index < -0.39 is 15.7 Å². The molecule has 148 valence electrons. The molecule has 0 unspecified atom stereocenters. The number of carbonyl (C=O) groups excluding carboxylic acids is 1. The Morgan fingerprint density at radius 2 is 1.83 bits per heavy atom. The lowest BCUT2D eigenvalue weighted by molar-refractivity contribution is 0.0924. The van der Waals surface area contributed by atoms with Crippen molar-refractivity contribution < 1.29 is 17.6 Å². The second-order valence-corrected chi connectivity index (χ2v) is 8.93. The van der Waals surface area contributed by atoms with Gasteiger partial charge in [-0.2, -0.15) is 5.10 Å². The average molecular weight is 409 g/mol. The van der Waals surface area contributed by atoms with Crippen LogP contribution >= 0.6 is 0 Å². The highest BCUT2D eigenvalue weighted by molar-refractivity contribution is 7.89. The quantitative estimate of drug-likeness (QED) is 0.528. The van der Waals surface area contributed by atoms with E-state index in [1.54, 1.807) is 35.1 Å². The molecule has 1 N–H and O–H groups in total. The van der Waals surface area contributed by atoms with Crippen LogP contribution in [0.25, 0.3) is 16.7 Å². The summed E-state index contributed by atoms with van der Waals surface area (Å²) in [6.45, 7) is 0.237. The van der Waals surface area contributed by atoms with E-state index in [-0.39, 0.29) is 18.1 Å². The van der Waals surface area contributed by atoms with Gasteiger partial charge >= 0.3 is 0 Å². The lowest BCUT2D eigenvalue weighted by Crippen LogP contribution is -2.23. The molecular formula is C21H19N3O4S. The van der Waals surface area contributed by atoms with Crippen LogP contribution in [-0.2, 0) is 22.1 Å². The SMILES string of the molecule is CS(=O)(=O)Cc1c(C(=O)NCc2cnn(-c3ccccc3)c2)oc2ccccc12. The molecule has 0 fully saturated rings. The van der Waals surface area contributed by atoms with E-state index in [2.05, 4.69) is 10.4 Å². The van der Waals surface area contributed by atoms with Crippen molar-refractivity contribution in [3.63, 3.8) is 0 Å². The Morgan fingerprint density at radius 3 is 2.59 bits per heavy atom. The molecule has 7 nitrogen and oxygen atoms in total. The summed E-state index contributed by atoms with van der Waals surface area (Å²) < 4.78 is 31.1. The number of hydrogen-bond acceptors (Lipinski definition) is 5. The molecule has 2 heterocycles. The number of sulfone groups is 1. The summed E-state index contributed by atoms with van der Waals surface area (Å²) in [6, 6.07) is 16.6. The lowest BCUT2D eigenvalue weighted by atomic mass is 10.1. The van der Waals surface area contributed by atoms with Crippen molar-refractivity contribution in [2.75, 3.05) is 6.26 Å². The van der Waals surface area contributed by atoms with E-state index in [0.29, 0.717) is 16.5 Å². The van der Waals surface area contributed by atoms with Crippen LogP contribution < -0.4 is 5.32 Å². The molecule has 0 spiro atoms. The molecule has 0 saturated heterocycles. The maximum absolute atomic E-state index is 12.7. The number of hydrogen-bond donors (Lipinski definition) is 1. The number of benzene rings is 2. The number of amides is 1. The summed E-state index contributed by atoms with van der Waals surface area (Å²) in [4.78, 5) is 12.7. The third-order valence-electron chi connectivity index (χ3n) is 4.42. The first-order valence-corrected chi connectivity index (χ1v) is 11.0. The summed E-state index contributed by atoms with van der Waals surface area (Å²) in [5, 5.41) is 7.71. The van der Waals surface area contributed by atoms with Gasteiger partial charge in [-0.05, 0) is 18.2 Å². The number of aromatic nitrogens is 2. The Bertz CT molecular complexity index is 1270. The van der Waals surface area contributed by atoms with Crippen molar-refractivity contribution in [1.82, 2.24) is 15.1 Å². The summed E-state index contributed by atoms with van der Waals surface area (Å²) in [5.74, 6) is -0.710. The van der Waals surface area contributed by atoms with E-state index in [1.807, 2.05) is 36.5 Å². The van der Waals surface area contributed by atoms with E-state index in [4.69, 9.17) is 4.42 Å². The standard InChI is InChI=1S/C21H19N3O4S/c1-29(26,27)14-18-17-9-5-6-10-19(17)28-20(18)21(25)22-11-15-12-23-24(13-15)16-7-3-2-4-8-16/h2-10,12-13H,11,14H2,1H3,(H,22,25). The third-order valence-corrected chi connectivity index (χ3v) is 5.23. The van der Waals surface area contributed by atoms with Crippen LogP contribution in [0, 0.1) is 0 Å². The number of furan rings is 1. The molecule has 2 aromatic heterocycles. The van der Waals surface area contributed by atoms with Crippen LogP contribution in [0.15, 0.2) is 71.4 Å². The largest absolute Gasteiger partial charge is 0.451 e. The second-order valence-electron chi connectivity index (χ2n) is 6.79. The molecular weight excluding hydrogens is 390 g/mol. The van der Waals surface area contributed by atoms with E-state index >= 15 is 0 Å². The normalized spacial score (nSPS) is 11.6. The van der Waals surface area contributed by atoms with Gasteiger partial charge in [0.25, 0.3) is 5.91 Å². The van der Waals surface area contributed by atoms with E-state index in [0.717, 1.165) is 17.5 Å². The predicted octanol–water partition coefficient (Wildman–Crippen LogP) is 3.09. The van der Waals surface area contributed by atoms with Crippen LogP contribution in [-0.4, -0.2) is 30.4 Å². The number of nitrogens with one attached hydrogen (secondary N) is 1. The average Bonchev–Trinajstić information content (AvgIpc) is 3.31. The smallest absolute Gasteiger partial charge is 0.287 e. The Morgan fingerprint density at radius 1 is 1.10 bits per heavy atom. The number of carbonyl (C=O) groups is 1. The first kappa shape index (κ1) is 18.9. The Balaban J connectivity index is 1.55. The van der Waals surface area contributed by atoms with Crippen LogP contribution in [0.1, 0.15) is 21.7 Å². The number of fused-ring (bicyclic) bond motifs is 1. The van der Waals surface area contributed by atoms with Gasteiger partial charge in [0.15, 0.2) is 15.6 Å². The van der Waals surface area contributed by atoms with Crippen molar-refractivity contribution in [1.29, 1.82) is 0 Å². The molecule has 4 rings (SSSR count). The molecule has 0 aliphatic carbocycles. The minimum absolute atomic E-state index is 0.0204. The summed E-state index contributed by atoms with van der Waals surface area (Å²) in [7, 11) is -3.34. The number of para-hydroxylation sites is 2. The van der Waals surface area contributed by atoms with Gasteiger partial charge in [-0.15, -0.1) is 0 Å². The first-order valence-electron chi connectivity index (χ1n) is 8.96. The topological polar surface area (TPSA) is 94.2 Å². The number of nitrogens with zero attached hydrogens (tertiary/aromatic N) is 2. The fraction of sp³-hybridized carbons (Fsp3) is 0.143. The molecule has 0 atom stereocenters. The van der Waals surface area contributed by atoms with Crippen molar-refractivity contribution in [2.45, 2.75) is 12.3 Å². The Labute approximate surface area is 167 Å². The van der Waals surface area contributed by atoms with E-state index in [1.165, 1.54) is 0 Å². The molecule has 2 aromatic carbocycles. The zero-order valence-corrected chi connectivity index (χ0v) is 16.5. The van der Waals surface area contributed by atoms with Gasteiger partial charge in [-0.1, -0.05) is 36.4 Å². The zero-order valence-electron chi connectivity index (χ0n) is 15.7. The van der Waals surface area contributed by atoms with Crippen molar-refractivity contribution in [2.24, 2.45) is 0 Å². The summed E-state index contributed by atoms with van der Waals surface area (Å²) >= 11 is 0. The van der Waals surface area contributed by atoms with Crippen LogP contribution in [0.2, 0.25) is 0 Å². The zero-order chi connectivity index (χ0) is 20.4.